The van der Waals surface area contributed by atoms with Crippen molar-refractivity contribution >= 4 is 55.6 Å². The fourth-order valence-electron chi connectivity index (χ4n) is 5.32. The van der Waals surface area contributed by atoms with Crippen LogP contribution in [0.1, 0.15) is 11.1 Å². The third-order valence-corrected chi connectivity index (χ3v) is 12.8. The number of fused-ring (bicyclic) bond motifs is 6. The summed E-state index contributed by atoms with van der Waals surface area (Å²) in [6.45, 7) is 0. The second kappa shape index (κ2) is 9.13. The molecule has 0 unspecified atom stereocenters. The molecule has 2 aliphatic rings. The van der Waals surface area contributed by atoms with E-state index in [1.54, 1.807) is 0 Å². The number of aromatic nitrogens is 1. The van der Waals surface area contributed by atoms with Crippen molar-refractivity contribution < 1.29 is 21.2 Å². The molecule has 4 heteroatoms. The molecule has 182 valence electrons. The Morgan fingerprint density at radius 2 is 1.29 bits per heavy atom. The van der Waals surface area contributed by atoms with Crippen molar-refractivity contribution in [2.24, 2.45) is 4.99 Å². The van der Waals surface area contributed by atoms with Crippen LogP contribution in [0.4, 0.5) is 0 Å². The predicted molar refractivity (Wildman–Crippen MR) is 164 cm³/mol. The van der Waals surface area contributed by atoms with Gasteiger partial charge in [-0.2, -0.15) is 0 Å². The molecule has 2 aliphatic heterocycles. The Morgan fingerprint density at radius 1 is 0.579 bits per heavy atom. The Hall–Kier alpha value is -3.36. The minimum absolute atomic E-state index is 0.186. The van der Waals surface area contributed by atoms with E-state index in [4.69, 9.17) is 4.99 Å². The number of aliphatic imine (C=N–C) groups is 1. The van der Waals surface area contributed by atoms with Crippen LogP contribution in [0.5, 0.6) is 0 Å². The topological polar surface area (TPSA) is 17.3 Å². The minimum atomic E-state index is -0.509. The first-order chi connectivity index (χ1) is 18.8. The molecule has 0 atom stereocenters. The molecule has 38 heavy (non-hydrogen) atoms. The molecule has 0 spiro atoms. The Morgan fingerprint density at radius 3 is 2.13 bits per heavy atom. The monoisotopic (exact) mass is 711 g/mol. The van der Waals surface area contributed by atoms with Gasteiger partial charge in [0.25, 0.3) is 0 Å². The Balaban J connectivity index is 1.41. The van der Waals surface area contributed by atoms with Crippen LogP contribution in [0, 0.1) is 7.14 Å². The van der Waals surface area contributed by atoms with Gasteiger partial charge in [-0.15, -0.1) is 0 Å². The molecule has 0 N–H and O–H groups in total. The van der Waals surface area contributed by atoms with Crippen LogP contribution < -0.4 is 21.2 Å². The number of benzene rings is 5. The summed E-state index contributed by atoms with van der Waals surface area (Å²) in [7, 11) is 0. The maximum absolute atomic E-state index is 5.38. The Labute approximate surface area is 241 Å². The quantitative estimate of drug-likeness (QED) is 0.216. The first-order valence-corrected chi connectivity index (χ1v) is 16.9. The van der Waals surface area contributed by atoms with Crippen LogP contribution >= 0.6 is 20.7 Å². The van der Waals surface area contributed by atoms with Crippen molar-refractivity contribution in [1.82, 2.24) is 4.57 Å². The fraction of sp³-hybridized carbons (Fsp3) is 0. The van der Waals surface area contributed by atoms with Gasteiger partial charge in [0.15, 0.2) is 0 Å². The zero-order valence-electron chi connectivity index (χ0n) is 20.3. The van der Waals surface area contributed by atoms with E-state index in [9.17, 15) is 0 Å². The van der Waals surface area contributed by atoms with Crippen LogP contribution in [0.15, 0.2) is 132 Å². The van der Waals surface area contributed by atoms with E-state index in [-0.39, 0.29) is 21.2 Å². The third kappa shape index (κ3) is 3.65. The van der Waals surface area contributed by atoms with Gasteiger partial charge in [0.05, 0.1) is 0 Å². The molecule has 3 heterocycles. The molecule has 5 aromatic carbocycles. The first-order valence-electron chi connectivity index (χ1n) is 12.6. The van der Waals surface area contributed by atoms with Gasteiger partial charge in [0.1, 0.15) is 0 Å². The van der Waals surface area contributed by atoms with Crippen LogP contribution in [0.25, 0.3) is 38.6 Å². The van der Waals surface area contributed by atoms with Crippen molar-refractivity contribution in [2.45, 2.75) is 0 Å². The van der Waals surface area contributed by atoms with Crippen molar-refractivity contribution in [1.29, 1.82) is 0 Å². The number of allylic oxidation sites excluding steroid dienone is 1. The summed E-state index contributed by atoms with van der Waals surface area (Å²) < 4.78 is 8.11. The standard InChI is InChI=1S/C34H21I2N2/c1-3-11-22(12-4-1)29-20-31(23-13-5-2-6-14-23)37-34(36-29)38-32-18-10-8-16-25(32)27-19-26-24-15-7-9-17-28(24)35-30(26)21-33(27)38/h1-21H/q-1. The van der Waals surface area contributed by atoms with Gasteiger partial charge in [-0.3, -0.25) is 0 Å². The van der Waals surface area contributed by atoms with Crippen molar-refractivity contribution in [3.63, 3.8) is 0 Å². The van der Waals surface area contributed by atoms with Gasteiger partial charge in [0, 0.05) is 0 Å². The maximum atomic E-state index is 5.38. The molecule has 1 aromatic heterocycles. The summed E-state index contributed by atoms with van der Waals surface area (Å²) in [5, 5.41) is 2.63. The Bertz CT molecular complexity index is 1940. The second-order valence-corrected chi connectivity index (χ2v) is 14.9. The number of hydrogen-bond donors (Lipinski definition) is 0. The molecule has 2 nitrogen and oxygen atoms in total. The molecular weight excluding hydrogens is 690 g/mol. The normalized spacial score (nSPS) is 14.6. The molecule has 0 saturated carbocycles. The van der Waals surface area contributed by atoms with E-state index >= 15 is 0 Å². The number of para-hydroxylation sites is 1. The van der Waals surface area contributed by atoms with Gasteiger partial charge in [-0.1, -0.05) is 0 Å². The van der Waals surface area contributed by atoms with E-state index in [1.165, 1.54) is 53.0 Å². The molecule has 0 aliphatic carbocycles. The van der Waals surface area contributed by atoms with E-state index in [0.717, 1.165) is 11.3 Å². The van der Waals surface area contributed by atoms with E-state index < -0.39 is 20.7 Å². The molecule has 6 aromatic rings. The second-order valence-electron chi connectivity index (χ2n) is 9.36. The van der Waals surface area contributed by atoms with Gasteiger partial charge in [-0.05, 0) is 0 Å². The van der Waals surface area contributed by atoms with Crippen molar-refractivity contribution in [3.8, 4) is 11.1 Å². The molecule has 0 radical (unpaired) electrons. The van der Waals surface area contributed by atoms with Gasteiger partial charge in [0.2, 0.25) is 0 Å². The van der Waals surface area contributed by atoms with Crippen molar-refractivity contribution in [2.75, 3.05) is 0 Å². The van der Waals surface area contributed by atoms with Crippen molar-refractivity contribution in [3.05, 3.63) is 146 Å². The van der Waals surface area contributed by atoms with Crippen LogP contribution in [-0.4, -0.2) is 11.9 Å². The number of hydrogen-bond acceptors (Lipinski definition) is 1. The van der Waals surface area contributed by atoms with Crippen LogP contribution in [0.3, 0.4) is 0 Å². The summed E-state index contributed by atoms with van der Waals surface area (Å²) in [6, 6.07) is 44.2. The summed E-state index contributed by atoms with van der Waals surface area (Å²) in [6.07, 6.45) is 2.31. The van der Waals surface area contributed by atoms with Crippen LogP contribution in [-0.2, 0) is 0 Å². The van der Waals surface area contributed by atoms with Gasteiger partial charge in [-0.25, -0.2) is 0 Å². The molecule has 0 amide bonds. The summed E-state index contributed by atoms with van der Waals surface area (Å²) in [5.74, 6) is 0. The molecule has 0 bridgehead atoms. The average Bonchev–Trinajstić information content (AvgIpc) is 3.51. The van der Waals surface area contributed by atoms with Gasteiger partial charge >= 0.3 is 243 Å². The third-order valence-electron chi connectivity index (χ3n) is 7.10. The number of rotatable bonds is 2. The van der Waals surface area contributed by atoms with Crippen LogP contribution in [0.2, 0.25) is 0 Å². The fourth-order valence-corrected chi connectivity index (χ4v) is 11.1. The van der Waals surface area contributed by atoms with E-state index in [2.05, 4.69) is 132 Å². The zero-order chi connectivity index (χ0) is 25.1. The Kier molecular flexibility index (Phi) is 5.43. The van der Waals surface area contributed by atoms with Gasteiger partial charge < -0.3 is 0 Å². The van der Waals surface area contributed by atoms with E-state index in [0.29, 0.717) is 0 Å². The number of halogens is 2. The zero-order valence-corrected chi connectivity index (χ0v) is 24.6. The number of nitrogens with zero attached hydrogens (tertiary/aromatic N) is 2. The SMILES string of the molecule is C1=C(c2ccccc2)N=C(n2c3ccccc3c3cc4c(cc32)[I-]c2ccccc2-4)I=C1c1ccccc1. The predicted octanol–water partition coefficient (Wildman–Crippen LogP) is 5.35. The average molecular weight is 711 g/mol. The van der Waals surface area contributed by atoms with E-state index in [1.807, 2.05) is 0 Å². The summed E-state index contributed by atoms with van der Waals surface area (Å²) in [5.41, 5.74) is 8.87. The molecule has 0 saturated heterocycles. The molecule has 8 rings (SSSR count). The molecular formula is C34H21I2N2-. The molecule has 0 fully saturated rings. The summed E-state index contributed by atoms with van der Waals surface area (Å²) in [4.78, 5) is 5.38. The first kappa shape index (κ1) is 22.6. The summed E-state index contributed by atoms with van der Waals surface area (Å²) >= 11 is -0.695.